The number of rotatable bonds is 9. The number of hydrogen-bond acceptors (Lipinski definition) is 6. The first-order valence-electron chi connectivity index (χ1n) is 10.7. The molecule has 186 valence electrons. The fourth-order valence-electron chi connectivity index (χ4n) is 3.67. The number of halogens is 1. The molecule has 0 radical (unpaired) electrons. The van der Waals surface area contributed by atoms with E-state index in [1.807, 2.05) is 6.92 Å². The molecule has 2 N–H and O–H groups in total. The molecule has 2 aromatic carbocycles. The van der Waals surface area contributed by atoms with Crippen LogP contribution >= 0.6 is 11.6 Å². The van der Waals surface area contributed by atoms with Gasteiger partial charge in [0.05, 0.1) is 12.0 Å². The third kappa shape index (κ3) is 6.28. The van der Waals surface area contributed by atoms with Crippen molar-refractivity contribution in [1.82, 2.24) is 14.3 Å². The van der Waals surface area contributed by atoms with E-state index in [1.165, 1.54) is 35.7 Å². The summed E-state index contributed by atoms with van der Waals surface area (Å²) in [5, 5.41) is 3.01. The fourth-order valence-corrected chi connectivity index (χ4v) is 6.59. The monoisotopic (exact) mass is 529 g/mol. The van der Waals surface area contributed by atoms with Gasteiger partial charge in [-0.15, -0.1) is 0 Å². The van der Waals surface area contributed by atoms with Crippen molar-refractivity contribution in [3.05, 3.63) is 53.1 Å². The van der Waals surface area contributed by atoms with Gasteiger partial charge in [-0.05, 0) is 50.1 Å². The number of hydrogen-bond donors (Lipinski definition) is 2. The number of sulfonamides is 2. The largest absolute Gasteiger partial charge is 0.495 e. The highest BCUT2D eigenvalue weighted by Gasteiger charge is 2.33. The lowest BCUT2D eigenvalue weighted by Crippen LogP contribution is -2.44. The molecular weight excluding hydrogens is 502 g/mol. The topological polar surface area (TPSA) is 122 Å². The van der Waals surface area contributed by atoms with Gasteiger partial charge in [-0.25, -0.2) is 21.6 Å². The Morgan fingerprint density at radius 1 is 1.06 bits per heavy atom. The Morgan fingerprint density at radius 3 is 2.32 bits per heavy atom. The number of nitrogens with one attached hydrogen (secondary N) is 2. The molecule has 3 rings (SSSR count). The van der Waals surface area contributed by atoms with E-state index < -0.39 is 20.0 Å². The number of benzene rings is 2. The molecule has 0 atom stereocenters. The normalized spacial score (nSPS) is 15.7. The van der Waals surface area contributed by atoms with Crippen molar-refractivity contribution in [1.29, 1.82) is 0 Å². The number of carbonyl (C=O) groups is 1. The summed E-state index contributed by atoms with van der Waals surface area (Å²) >= 11 is 5.98. The standard InChI is InChI=1S/C22H28ClN3O6S2/c1-16-3-6-19(7-4-16)33(28,29)25-12-11-24-22(27)17-9-13-26(14-10-17)34(30,31)21-15-18(23)5-8-20(21)32-2/h3-8,15,17,25H,9-14H2,1-2H3,(H,24,27). The number of nitrogens with zero attached hydrogens (tertiary/aromatic N) is 1. The Hall–Kier alpha value is -2.18. The van der Waals surface area contributed by atoms with Gasteiger partial charge >= 0.3 is 0 Å². The highest BCUT2D eigenvalue weighted by Crippen LogP contribution is 2.31. The zero-order valence-electron chi connectivity index (χ0n) is 19.0. The minimum absolute atomic E-state index is 0.00809. The Bertz CT molecular complexity index is 1230. The van der Waals surface area contributed by atoms with Crippen LogP contribution in [-0.4, -0.2) is 60.3 Å². The van der Waals surface area contributed by atoms with E-state index in [9.17, 15) is 21.6 Å². The Balaban J connectivity index is 1.49. The lowest BCUT2D eigenvalue weighted by molar-refractivity contribution is -0.126. The van der Waals surface area contributed by atoms with Crippen LogP contribution in [0.3, 0.4) is 0 Å². The van der Waals surface area contributed by atoms with Gasteiger partial charge < -0.3 is 10.1 Å². The van der Waals surface area contributed by atoms with E-state index in [1.54, 1.807) is 18.2 Å². The van der Waals surface area contributed by atoms with Gasteiger partial charge in [0.1, 0.15) is 10.6 Å². The summed E-state index contributed by atoms with van der Waals surface area (Å²) in [6.45, 7) is 2.39. The summed E-state index contributed by atoms with van der Waals surface area (Å²) in [6.07, 6.45) is 0.700. The number of amides is 1. The summed E-state index contributed by atoms with van der Waals surface area (Å²) < 4.78 is 59.7. The molecule has 0 bridgehead atoms. The molecular formula is C22H28ClN3O6S2. The number of carbonyl (C=O) groups excluding carboxylic acids is 1. The van der Waals surface area contributed by atoms with Crippen LogP contribution in [-0.2, 0) is 24.8 Å². The van der Waals surface area contributed by atoms with Crippen LogP contribution in [0.1, 0.15) is 18.4 Å². The molecule has 1 heterocycles. The molecule has 0 aromatic heterocycles. The maximum atomic E-state index is 13.1. The fraction of sp³-hybridized carbons (Fsp3) is 0.409. The van der Waals surface area contributed by atoms with E-state index in [0.717, 1.165) is 5.56 Å². The van der Waals surface area contributed by atoms with Crippen molar-refractivity contribution in [2.75, 3.05) is 33.3 Å². The molecule has 2 aromatic rings. The first-order chi connectivity index (χ1) is 16.0. The average molecular weight is 530 g/mol. The van der Waals surface area contributed by atoms with Crippen molar-refractivity contribution < 1.29 is 26.4 Å². The minimum Gasteiger partial charge on any atom is -0.495 e. The second-order valence-electron chi connectivity index (χ2n) is 7.98. The van der Waals surface area contributed by atoms with E-state index in [-0.39, 0.29) is 58.6 Å². The minimum atomic E-state index is -3.83. The molecule has 1 fully saturated rings. The Kier molecular flexibility index (Phi) is 8.58. The number of aryl methyl sites for hydroxylation is 1. The maximum Gasteiger partial charge on any atom is 0.246 e. The molecule has 1 amide bonds. The molecule has 0 aliphatic carbocycles. The van der Waals surface area contributed by atoms with Crippen molar-refractivity contribution >= 4 is 37.6 Å². The van der Waals surface area contributed by atoms with Crippen LogP contribution in [0, 0.1) is 12.8 Å². The second-order valence-corrected chi connectivity index (χ2v) is 12.1. The molecule has 0 unspecified atom stereocenters. The summed E-state index contributed by atoms with van der Waals surface area (Å²) in [5.74, 6) is -0.384. The lowest BCUT2D eigenvalue weighted by Gasteiger charge is -2.31. The van der Waals surface area contributed by atoms with Gasteiger partial charge in [0.25, 0.3) is 0 Å². The van der Waals surface area contributed by atoms with Crippen LogP contribution in [0.25, 0.3) is 0 Å². The maximum absolute atomic E-state index is 13.1. The molecule has 1 saturated heterocycles. The summed E-state index contributed by atoms with van der Waals surface area (Å²) in [7, 11) is -6.09. The lowest BCUT2D eigenvalue weighted by atomic mass is 9.97. The van der Waals surface area contributed by atoms with Crippen molar-refractivity contribution in [2.45, 2.75) is 29.6 Å². The van der Waals surface area contributed by atoms with Crippen molar-refractivity contribution in [3.63, 3.8) is 0 Å². The highest BCUT2D eigenvalue weighted by atomic mass is 35.5. The van der Waals surface area contributed by atoms with Crippen LogP contribution in [0.15, 0.2) is 52.3 Å². The Morgan fingerprint density at radius 2 is 1.71 bits per heavy atom. The van der Waals surface area contributed by atoms with Gasteiger partial charge in [0.2, 0.25) is 26.0 Å². The molecule has 1 aliphatic heterocycles. The number of methoxy groups -OCH3 is 1. The predicted octanol–water partition coefficient (Wildman–Crippen LogP) is 2.15. The number of piperidine rings is 1. The van der Waals surface area contributed by atoms with Crippen molar-refractivity contribution in [2.24, 2.45) is 5.92 Å². The summed E-state index contributed by atoms with van der Waals surface area (Å²) in [4.78, 5) is 12.7. The third-order valence-corrected chi connectivity index (χ3v) is 9.25. The van der Waals surface area contributed by atoms with Gasteiger partial charge in [-0.3, -0.25) is 4.79 Å². The van der Waals surface area contributed by atoms with Gasteiger partial charge in [-0.2, -0.15) is 4.31 Å². The quantitative estimate of drug-likeness (QED) is 0.480. The summed E-state index contributed by atoms with van der Waals surface area (Å²) in [5.41, 5.74) is 0.955. The zero-order chi connectivity index (χ0) is 24.9. The van der Waals surface area contributed by atoms with Gasteiger partial charge in [0, 0.05) is 37.1 Å². The van der Waals surface area contributed by atoms with Crippen LogP contribution in [0.4, 0.5) is 0 Å². The molecule has 0 saturated carbocycles. The first-order valence-corrected chi connectivity index (χ1v) is 14.0. The van der Waals surface area contributed by atoms with Crippen molar-refractivity contribution in [3.8, 4) is 5.75 Å². The van der Waals surface area contributed by atoms with Gasteiger partial charge in [-0.1, -0.05) is 29.3 Å². The van der Waals surface area contributed by atoms with Crippen LogP contribution in [0.5, 0.6) is 5.75 Å². The van der Waals surface area contributed by atoms with Gasteiger partial charge in [0.15, 0.2) is 0 Å². The first kappa shape index (κ1) is 26.4. The molecule has 1 aliphatic rings. The van der Waals surface area contributed by atoms with E-state index >= 15 is 0 Å². The smallest absolute Gasteiger partial charge is 0.246 e. The third-order valence-electron chi connectivity index (χ3n) is 5.62. The SMILES string of the molecule is COc1ccc(Cl)cc1S(=O)(=O)N1CCC(C(=O)NCCNS(=O)(=O)c2ccc(C)cc2)CC1. The van der Waals surface area contributed by atoms with E-state index in [2.05, 4.69) is 10.0 Å². The molecule has 9 nitrogen and oxygen atoms in total. The second kappa shape index (κ2) is 11.0. The molecule has 12 heteroatoms. The van der Waals surface area contributed by atoms with Crippen LogP contribution in [0.2, 0.25) is 5.02 Å². The van der Waals surface area contributed by atoms with Crippen LogP contribution < -0.4 is 14.8 Å². The predicted molar refractivity (Wildman–Crippen MR) is 129 cm³/mol. The molecule has 34 heavy (non-hydrogen) atoms. The molecule has 0 spiro atoms. The van der Waals surface area contributed by atoms with E-state index in [4.69, 9.17) is 16.3 Å². The number of ether oxygens (including phenoxy) is 1. The average Bonchev–Trinajstić information content (AvgIpc) is 2.82. The zero-order valence-corrected chi connectivity index (χ0v) is 21.3. The highest BCUT2D eigenvalue weighted by molar-refractivity contribution is 7.89. The summed E-state index contributed by atoms with van der Waals surface area (Å²) in [6, 6.07) is 10.9. The Labute approximate surface area is 205 Å². The van der Waals surface area contributed by atoms with E-state index in [0.29, 0.717) is 12.8 Å².